The fourth-order valence-electron chi connectivity index (χ4n) is 1.94. The predicted molar refractivity (Wildman–Crippen MR) is 73.3 cm³/mol. The molecule has 1 heterocycles. The molecular weight excluding hydrogens is 244 g/mol. The van der Waals surface area contributed by atoms with Crippen LogP contribution in [0.15, 0.2) is 30.6 Å². The van der Waals surface area contributed by atoms with Crippen molar-refractivity contribution in [3.63, 3.8) is 0 Å². The van der Waals surface area contributed by atoms with Gasteiger partial charge >= 0.3 is 0 Å². The van der Waals surface area contributed by atoms with E-state index in [9.17, 15) is 10.1 Å². The summed E-state index contributed by atoms with van der Waals surface area (Å²) in [6.07, 6.45) is 3.63. The smallest absolute Gasteiger partial charge is 0.292 e. The van der Waals surface area contributed by atoms with Gasteiger partial charge in [0.15, 0.2) is 0 Å². The number of anilines is 1. The topological polar surface area (TPSA) is 73.0 Å². The fourth-order valence-corrected chi connectivity index (χ4v) is 1.94. The van der Waals surface area contributed by atoms with Crippen molar-refractivity contribution in [1.29, 1.82) is 0 Å². The van der Waals surface area contributed by atoms with Crippen LogP contribution in [0.5, 0.6) is 0 Å². The molecule has 1 aromatic heterocycles. The number of hydrogen-bond acceptors (Lipinski definition) is 4. The summed E-state index contributed by atoms with van der Waals surface area (Å²) >= 11 is 0. The van der Waals surface area contributed by atoms with Gasteiger partial charge in [0.05, 0.1) is 4.92 Å². The van der Waals surface area contributed by atoms with E-state index in [1.54, 1.807) is 18.3 Å². The molecule has 0 radical (unpaired) electrons. The third kappa shape index (κ3) is 2.90. The van der Waals surface area contributed by atoms with Gasteiger partial charge < -0.3 is 9.88 Å². The van der Waals surface area contributed by atoms with Gasteiger partial charge in [0.25, 0.3) is 5.69 Å². The quantitative estimate of drug-likeness (QED) is 0.662. The second kappa shape index (κ2) is 5.51. The summed E-state index contributed by atoms with van der Waals surface area (Å²) in [7, 11) is 0. The van der Waals surface area contributed by atoms with E-state index in [4.69, 9.17) is 0 Å². The Kier molecular flexibility index (Phi) is 3.79. The van der Waals surface area contributed by atoms with Crippen molar-refractivity contribution in [2.24, 2.45) is 0 Å². The van der Waals surface area contributed by atoms with Crippen molar-refractivity contribution in [3.05, 3.63) is 52.1 Å². The molecular formula is C13H16N4O2. The molecule has 0 fully saturated rings. The molecule has 0 bridgehead atoms. The van der Waals surface area contributed by atoms with Crippen LogP contribution in [0.3, 0.4) is 0 Å². The van der Waals surface area contributed by atoms with Gasteiger partial charge in [-0.25, -0.2) is 4.98 Å². The highest BCUT2D eigenvalue weighted by Crippen LogP contribution is 2.25. The molecule has 0 saturated heterocycles. The average molecular weight is 260 g/mol. The molecule has 100 valence electrons. The molecule has 0 spiro atoms. The molecule has 6 heteroatoms. The van der Waals surface area contributed by atoms with Crippen LogP contribution in [0.25, 0.3) is 0 Å². The lowest BCUT2D eigenvalue weighted by Gasteiger charge is -2.09. The summed E-state index contributed by atoms with van der Waals surface area (Å²) in [5.74, 6) is 0.920. The zero-order valence-electron chi connectivity index (χ0n) is 11.0. The lowest BCUT2D eigenvalue weighted by Crippen LogP contribution is -2.05. The first-order chi connectivity index (χ1) is 9.11. The summed E-state index contributed by atoms with van der Waals surface area (Å²) in [6.45, 7) is 5.14. The van der Waals surface area contributed by atoms with Crippen LogP contribution in [0.4, 0.5) is 11.4 Å². The highest BCUT2D eigenvalue weighted by molar-refractivity contribution is 5.62. The fraction of sp³-hybridized carbons (Fsp3) is 0.308. The normalized spacial score (nSPS) is 10.4. The third-order valence-electron chi connectivity index (χ3n) is 2.90. The van der Waals surface area contributed by atoms with Crippen LogP contribution in [0, 0.1) is 17.0 Å². The first-order valence-corrected chi connectivity index (χ1v) is 6.10. The standard InChI is InChI=1S/C13H16N4O2/c1-3-14-12-8-11(4-5-13(12)17(18)19)9-16-7-6-15-10(16)2/h4-8,14H,3,9H2,1-2H3. The van der Waals surface area contributed by atoms with Crippen LogP contribution in [-0.2, 0) is 6.54 Å². The number of imidazole rings is 1. The SMILES string of the molecule is CCNc1cc(Cn2ccnc2C)ccc1[N+](=O)[O-]. The van der Waals surface area contributed by atoms with Crippen LogP contribution >= 0.6 is 0 Å². The molecule has 6 nitrogen and oxygen atoms in total. The number of aryl methyl sites for hydroxylation is 1. The molecule has 2 aromatic rings. The van der Waals surface area contributed by atoms with Crippen molar-refractivity contribution < 1.29 is 4.92 Å². The zero-order valence-corrected chi connectivity index (χ0v) is 11.0. The van der Waals surface area contributed by atoms with E-state index < -0.39 is 0 Å². The minimum absolute atomic E-state index is 0.105. The van der Waals surface area contributed by atoms with Crippen molar-refractivity contribution in [3.8, 4) is 0 Å². The van der Waals surface area contributed by atoms with Crippen LogP contribution < -0.4 is 5.32 Å². The highest BCUT2D eigenvalue weighted by Gasteiger charge is 2.13. The molecule has 1 aromatic carbocycles. The molecule has 2 rings (SSSR count). The Morgan fingerprint density at radius 1 is 1.47 bits per heavy atom. The molecule has 0 aliphatic heterocycles. The Balaban J connectivity index is 2.30. The number of aromatic nitrogens is 2. The Bertz CT molecular complexity index is 592. The number of nitrogens with one attached hydrogen (secondary N) is 1. The second-order valence-corrected chi connectivity index (χ2v) is 4.24. The molecule has 0 saturated carbocycles. The predicted octanol–water partition coefficient (Wildman–Crippen LogP) is 2.58. The van der Waals surface area contributed by atoms with E-state index >= 15 is 0 Å². The van der Waals surface area contributed by atoms with E-state index in [2.05, 4.69) is 10.3 Å². The number of nitrogens with zero attached hydrogens (tertiary/aromatic N) is 3. The Labute approximate surface area is 111 Å². The lowest BCUT2D eigenvalue weighted by molar-refractivity contribution is -0.384. The van der Waals surface area contributed by atoms with Gasteiger partial charge in [0.1, 0.15) is 11.5 Å². The molecule has 0 aliphatic rings. The Morgan fingerprint density at radius 2 is 2.26 bits per heavy atom. The summed E-state index contributed by atoms with van der Waals surface area (Å²) in [5.41, 5.74) is 1.67. The maximum Gasteiger partial charge on any atom is 0.292 e. The summed E-state index contributed by atoms with van der Waals surface area (Å²) in [4.78, 5) is 14.7. The van der Waals surface area contributed by atoms with E-state index in [1.807, 2.05) is 30.7 Å². The summed E-state index contributed by atoms with van der Waals surface area (Å²) in [6, 6.07) is 5.14. The van der Waals surface area contributed by atoms with Crippen molar-refractivity contribution in [2.45, 2.75) is 20.4 Å². The van der Waals surface area contributed by atoms with Gasteiger partial charge in [-0.15, -0.1) is 0 Å². The van der Waals surface area contributed by atoms with E-state index in [-0.39, 0.29) is 10.6 Å². The van der Waals surface area contributed by atoms with Gasteiger partial charge in [-0.3, -0.25) is 10.1 Å². The third-order valence-corrected chi connectivity index (χ3v) is 2.90. The number of hydrogen-bond donors (Lipinski definition) is 1. The molecule has 0 atom stereocenters. The number of rotatable bonds is 5. The average Bonchev–Trinajstić information content (AvgIpc) is 2.75. The van der Waals surface area contributed by atoms with E-state index in [0.717, 1.165) is 11.4 Å². The first-order valence-electron chi connectivity index (χ1n) is 6.10. The number of nitro benzene ring substituents is 1. The van der Waals surface area contributed by atoms with Crippen LogP contribution in [0.1, 0.15) is 18.3 Å². The van der Waals surface area contributed by atoms with E-state index in [0.29, 0.717) is 18.8 Å². The summed E-state index contributed by atoms with van der Waals surface area (Å²) < 4.78 is 2.00. The van der Waals surface area contributed by atoms with Gasteiger partial charge in [0.2, 0.25) is 0 Å². The van der Waals surface area contributed by atoms with Gasteiger partial charge in [-0.05, 0) is 25.5 Å². The molecule has 0 amide bonds. The molecule has 0 unspecified atom stereocenters. The highest BCUT2D eigenvalue weighted by atomic mass is 16.6. The Morgan fingerprint density at radius 3 is 2.84 bits per heavy atom. The number of benzene rings is 1. The zero-order chi connectivity index (χ0) is 13.8. The second-order valence-electron chi connectivity index (χ2n) is 4.24. The van der Waals surface area contributed by atoms with Crippen LogP contribution in [-0.4, -0.2) is 21.0 Å². The minimum Gasteiger partial charge on any atom is -0.380 e. The minimum atomic E-state index is -0.371. The molecule has 0 aliphatic carbocycles. The van der Waals surface area contributed by atoms with Crippen molar-refractivity contribution in [2.75, 3.05) is 11.9 Å². The van der Waals surface area contributed by atoms with Gasteiger partial charge in [-0.2, -0.15) is 0 Å². The van der Waals surface area contributed by atoms with Crippen LogP contribution in [0.2, 0.25) is 0 Å². The van der Waals surface area contributed by atoms with Gasteiger partial charge in [-0.1, -0.05) is 6.07 Å². The Hall–Kier alpha value is -2.37. The van der Waals surface area contributed by atoms with Crippen molar-refractivity contribution in [1.82, 2.24) is 9.55 Å². The van der Waals surface area contributed by atoms with Crippen molar-refractivity contribution >= 4 is 11.4 Å². The first kappa shape index (κ1) is 13.1. The molecule has 1 N–H and O–H groups in total. The number of nitro groups is 1. The van der Waals surface area contributed by atoms with Gasteiger partial charge in [0, 0.05) is 31.5 Å². The summed E-state index contributed by atoms with van der Waals surface area (Å²) in [5, 5.41) is 14.0. The van der Waals surface area contributed by atoms with E-state index in [1.165, 1.54) is 0 Å². The monoisotopic (exact) mass is 260 g/mol. The maximum atomic E-state index is 10.9. The largest absolute Gasteiger partial charge is 0.380 e. The maximum absolute atomic E-state index is 10.9. The lowest BCUT2D eigenvalue weighted by atomic mass is 10.1. The molecule has 19 heavy (non-hydrogen) atoms.